The zero-order valence-corrected chi connectivity index (χ0v) is 11.5. The van der Waals surface area contributed by atoms with Gasteiger partial charge in [-0.25, -0.2) is 0 Å². The van der Waals surface area contributed by atoms with Crippen LogP contribution in [0.5, 0.6) is 0 Å². The standard InChI is InChI=1S/C15H19NO3/c1-9(2)10-4-6-11(7-5-10)16(3)14(17)12-8-13(12)15(18)19/h4-7,9,12-13H,8H2,1-3H3,(H,18,19). The number of anilines is 1. The van der Waals surface area contributed by atoms with Crippen LogP contribution in [0.15, 0.2) is 24.3 Å². The monoisotopic (exact) mass is 261 g/mol. The molecular weight excluding hydrogens is 242 g/mol. The molecule has 0 spiro atoms. The second-order valence-electron chi connectivity index (χ2n) is 5.43. The van der Waals surface area contributed by atoms with E-state index in [1.54, 1.807) is 11.9 Å². The molecule has 1 aliphatic rings. The quantitative estimate of drug-likeness (QED) is 0.906. The highest BCUT2D eigenvalue weighted by atomic mass is 16.4. The van der Waals surface area contributed by atoms with Crippen LogP contribution in [0.25, 0.3) is 0 Å². The van der Waals surface area contributed by atoms with Crippen molar-refractivity contribution in [2.75, 3.05) is 11.9 Å². The lowest BCUT2D eigenvalue weighted by Crippen LogP contribution is -2.29. The largest absolute Gasteiger partial charge is 0.481 e. The fourth-order valence-corrected chi connectivity index (χ4v) is 2.20. The number of carboxylic acids is 1. The van der Waals surface area contributed by atoms with E-state index in [0.717, 1.165) is 5.69 Å². The van der Waals surface area contributed by atoms with Crippen LogP contribution in [0.1, 0.15) is 31.7 Å². The molecule has 2 unspecified atom stereocenters. The number of aliphatic carboxylic acids is 1. The van der Waals surface area contributed by atoms with Crippen LogP contribution < -0.4 is 4.90 Å². The number of rotatable bonds is 4. The van der Waals surface area contributed by atoms with Gasteiger partial charge in [-0.1, -0.05) is 26.0 Å². The van der Waals surface area contributed by atoms with Gasteiger partial charge in [0, 0.05) is 12.7 Å². The number of nitrogens with zero attached hydrogens (tertiary/aromatic N) is 1. The highest BCUT2D eigenvalue weighted by molar-refractivity contribution is 5.99. The third-order valence-corrected chi connectivity index (χ3v) is 3.70. The van der Waals surface area contributed by atoms with Crippen molar-refractivity contribution < 1.29 is 14.7 Å². The molecule has 2 rings (SSSR count). The van der Waals surface area contributed by atoms with Crippen molar-refractivity contribution in [3.63, 3.8) is 0 Å². The number of carboxylic acid groups (broad SMARTS) is 1. The topological polar surface area (TPSA) is 57.6 Å². The number of carbonyl (C=O) groups is 2. The smallest absolute Gasteiger partial charge is 0.307 e. The van der Waals surface area contributed by atoms with E-state index in [9.17, 15) is 9.59 Å². The van der Waals surface area contributed by atoms with Crippen molar-refractivity contribution in [2.24, 2.45) is 11.8 Å². The van der Waals surface area contributed by atoms with Gasteiger partial charge in [0.1, 0.15) is 0 Å². The highest BCUT2D eigenvalue weighted by Gasteiger charge is 2.49. The number of benzene rings is 1. The van der Waals surface area contributed by atoms with Crippen LogP contribution >= 0.6 is 0 Å². The fraction of sp³-hybridized carbons (Fsp3) is 0.467. The summed E-state index contributed by atoms with van der Waals surface area (Å²) < 4.78 is 0. The van der Waals surface area contributed by atoms with Gasteiger partial charge < -0.3 is 10.0 Å². The molecular formula is C15H19NO3. The van der Waals surface area contributed by atoms with Gasteiger partial charge in [-0.3, -0.25) is 9.59 Å². The summed E-state index contributed by atoms with van der Waals surface area (Å²) in [7, 11) is 1.70. The molecule has 1 saturated carbocycles. The Kier molecular flexibility index (Phi) is 3.60. The Morgan fingerprint density at radius 3 is 2.21 bits per heavy atom. The van der Waals surface area contributed by atoms with Crippen LogP contribution in [0, 0.1) is 11.8 Å². The molecule has 4 heteroatoms. The summed E-state index contributed by atoms with van der Waals surface area (Å²) in [5.41, 5.74) is 2.03. The highest BCUT2D eigenvalue weighted by Crippen LogP contribution is 2.40. The molecule has 1 aromatic rings. The van der Waals surface area contributed by atoms with Crippen LogP contribution in [0.4, 0.5) is 5.69 Å². The molecule has 1 aromatic carbocycles. The van der Waals surface area contributed by atoms with Gasteiger partial charge in [0.25, 0.3) is 0 Å². The van der Waals surface area contributed by atoms with Crippen molar-refractivity contribution in [1.29, 1.82) is 0 Å². The van der Waals surface area contributed by atoms with E-state index in [4.69, 9.17) is 5.11 Å². The minimum absolute atomic E-state index is 0.107. The Balaban J connectivity index is 2.05. The second-order valence-corrected chi connectivity index (χ2v) is 5.43. The van der Waals surface area contributed by atoms with Gasteiger partial charge in [-0.2, -0.15) is 0 Å². The molecule has 1 N–H and O–H groups in total. The lowest BCUT2D eigenvalue weighted by molar-refractivity contribution is -0.139. The average Bonchev–Trinajstić information content (AvgIpc) is 3.17. The van der Waals surface area contributed by atoms with Crippen LogP contribution in [0.2, 0.25) is 0 Å². The minimum atomic E-state index is -0.873. The summed E-state index contributed by atoms with van der Waals surface area (Å²) in [5, 5.41) is 8.85. The van der Waals surface area contributed by atoms with Crippen molar-refractivity contribution >= 4 is 17.6 Å². The summed E-state index contributed by atoms with van der Waals surface area (Å²) >= 11 is 0. The molecule has 19 heavy (non-hydrogen) atoms. The van der Waals surface area contributed by atoms with E-state index < -0.39 is 11.9 Å². The summed E-state index contributed by atoms with van der Waals surface area (Å²) in [6.45, 7) is 4.23. The van der Waals surface area contributed by atoms with Gasteiger partial charge in [0.15, 0.2) is 0 Å². The summed E-state index contributed by atoms with van der Waals surface area (Å²) in [6, 6.07) is 7.83. The van der Waals surface area contributed by atoms with Gasteiger partial charge >= 0.3 is 5.97 Å². The minimum Gasteiger partial charge on any atom is -0.481 e. The Morgan fingerprint density at radius 2 is 1.79 bits per heavy atom. The SMILES string of the molecule is CC(C)c1ccc(N(C)C(=O)C2CC2C(=O)O)cc1. The second kappa shape index (κ2) is 5.03. The first-order valence-corrected chi connectivity index (χ1v) is 6.52. The molecule has 0 bridgehead atoms. The fourth-order valence-electron chi connectivity index (χ4n) is 2.20. The molecule has 0 aliphatic heterocycles. The molecule has 4 nitrogen and oxygen atoms in total. The Bertz CT molecular complexity index is 493. The van der Waals surface area contributed by atoms with Crippen molar-refractivity contribution in [2.45, 2.75) is 26.2 Å². The molecule has 0 radical (unpaired) electrons. The number of hydrogen-bond acceptors (Lipinski definition) is 2. The molecule has 1 fully saturated rings. The first-order valence-electron chi connectivity index (χ1n) is 6.52. The predicted molar refractivity (Wildman–Crippen MR) is 73.2 cm³/mol. The predicted octanol–water partition coefficient (Wildman–Crippen LogP) is 2.49. The van der Waals surface area contributed by atoms with E-state index in [2.05, 4.69) is 13.8 Å². The maximum atomic E-state index is 12.1. The van der Waals surface area contributed by atoms with Crippen molar-refractivity contribution in [1.82, 2.24) is 0 Å². The molecule has 0 aromatic heterocycles. The van der Waals surface area contributed by atoms with Gasteiger partial charge in [0.2, 0.25) is 5.91 Å². The number of amides is 1. The molecule has 0 saturated heterocycles. The zero-order chi connectivity index (χ0) is 14.2. The summed E-state index contributed by atoms with van der Waals surface area (Å²) in [6.07, 6.45) is 0.461. The maximum absolute atomic E-state index is 12.1. The first-order chi connectivity index (χ1) is 8.91. The van der Waals surface area contributed by atoms with E-state index in [-0.39, 0.29) is 11.8 Å². The average molecular weight is 261 g/mol. The van der Waals surface area contributed by atoms with Crippen molar-refractivity contribution in [3.8, 4) is 0 Å². The lowest BCUT2D eigenvalue weighted by atomic mass is 10.0. The number of hydrogen-bond donors (Lipinski definition) is 1. The summed E-state index contributed by atoms with van der Waals surface area (Å²) in [4.78, 5) is 24.4. The van der Waals surface area contributed by atoms with Crippen LogP contribution in [0.3, 0.4) is 0 Å². The Morgan fingerprint density at radius 1 is 1.21 bits per heavy atom. The molecule has 102 valence electrons. The molecule has 1 aliphatic carbocycles. The van der Waals surface area contributed by atoms with Crippen LogP contribution in [-0.2, 0) is 9.59 Å². The molecule has 0 heterocycles. The number of carbonyl (C=O) groups excluding carboxylic acids is 1. The lowest BCUT2D eigenvalue weighted by Gasteiger charge is -2.18. The van der Waals surface area contributed by atoms with E-state index >= 15 is 0 Å². The van der Waals surface area contributed by atoms with E-state index in [0.29, 0.717) is 12.3 Å². The maximum Gasteiger partial charge on any atom is 0.307 e. The van der Waals surface area contributed by atoms with Crippen molar-refractivity contribution in [3.05, 3.63) is 29.8 Å². The first kappa shape index (κ1) is 13.6. The van der Waals surface area contributed by atoms with E-state index in [1.807, 2.05) is 24.3 Å². The third-order valence-electron chi connectivity index (χ3n) is 3.70. The van der Waals surface area contributed by atoms with Gasteiger partial charge in [0.05, 0.1) is 11.8 Å². The molecule has 1 amide bonds. The third kappa shape index (κ3) is 2.78. The zero-order valence-electron chi connectivity index (χ0n) is 11.5. The molecule has 2 atom stereocenters. The van der Waals surface area contributed by atoms with Gasteiger partial charge in [-0.15, -0.1) is 0 Å². The Labute approximate surface area is 113 Å². The summed E-state index contributed by atoms with van der Waals surface area (Å²) in [5.74, 6) is -1.38. The van der Waals surface area contributed by atoms with Gasteiger partial charge in [-0.05, 0) is 30.0 Å². The normalized spacial score (nSPS) is 21.3. The van der Waals surface area contributed by atoms with E-state index in [1.165, 1.54) is 5.56 Å². The Hall–Kier alpha value is -1.84. The van der Waals surface area contributed by atoms with Crippen LogP contribution in [-0.4, -0.2) is 24.0 Å².